The Hall–Kier alpha value is -2.01. The second kappa shape index (κ2) is 8.34. The van der Waals surface area contributed by atoms with E-state index in [-0.39, 0.29) is 35.5 Å². The Morgan fingerprint density at radius 3 is 2.81 bits per heavy atom. The van der Waals surface area contributed by atoms with E-state index in [1.807, 2.05) is 17.5 Å². The zero-order valence-corrected chi connectivity index (χ0v) is 16.4. The van der Waals surface area contributed by atoms with Gasteiger partial charge in [0.25, 0.3) is 5.69 Å². The summed E-state index contributed by atoms with van der Waals surface area (Å²) in [5.41, 5.74) is -0.303. The maximum Gasteiger partial charge on any atom is 0.271 e. The van der Waals surface area contributed by atoms with E-state index in [2.05, 4.69) is 0 Å². The number of benzene rings is 1. The normalized spacial score (nSPS) is 17.3. The van der Waals surface area contributed by atoms with E-state index < -0.39 is 14.9 Å². The molecule has 146 valence electrons. The molecule has 0 N–H and O–H groups in total. The van der Waals surface area contributed by atoms with Gasteiger partial charge in [0.2, 0.25) is 10.0 Å². The molecule has 1 atom stereocenters. The number of ether oxygens (including phenoxy) is 2. The molecule has 1 fully saturated rings. The number of nitrogens with zero attached hydrogens (tertiary/aromatic N) is 2. The molecule has 0 bridgehead atoms. The van der Waals surface area contributed by atoms with Crippen LogP contribution in [0.3, 0.4) is 0 Å². The van der Waals surface area contributed by atoms with Crippen molar-refractivity contribution in [2.75, 3.05) is 20.3 Å². The van der Waals surface area contributed by atoms with Crippen LogP contribution in [-0.4, -0.2) is 44.0 Å². The summed E-state index contributed by atoms with van der Waals surface area (Å²) in [6, 6.07) is 7.28. The average molecular weight is 412 g/mol. The van der Waals surface area contributed by atoms with Gasteiger partial charge in [0.1, 0.15) is 10.6 Å². The maximum atomic E-state index is 13.4. The van der Waals surface area contributed by atoms with Crippen molar-refractivity contribution in [3.8, 4) is 5.75 Å². The Labute approximate surface area is 161 Å². The van der Waals surface area contributed by atoms with E-state index in [1.165, 1.54) is 34.9 Å². The SMILES string of the molecule is COc1ccc([N+](=O)[O-])cc1S(=O)(=O)N(Cc1cccs1)CC1CCCO1. The van der Waals surface area contributed by atoms with Crippen molar-refractivity contribution in [1.82, 2.24) is 4.31 Å². The Kier molecular flexibility index (Phi) is 6.10. The van der Waals surface area contributed by atoms with Gasteiger partial charge in [-0.2, -0.15) is 4.31 Å². The van der Waals surface area contributed by atoms with Crippen LogP contribution in [0.4, 0.5) is 5.69 Å². The molecule has 0 saturated carbocycles. The number of hydrogen-bond donors (Lipinski definition) is 0. The highest BCUT2D eigenvalue weighted by Gasteiger charge is 2.33. The minimum Gasteiger partial charge on any atom is -0.495 e. The molecule has 27 heavy (non-hydrogen) atoms. The van der Waals surface area contributed by atoms with E-state index in [0.717, 1.165) is 23.8 Å². The molecule has 0 spiro atoms. The van der Waals surface area contributed by atoms with Crippen LogP contribution >= 0.6 is 11.3 Å². The monoisotopic (exact) mass is 412 g/mol. The van der Waals surface area contributed by atoms with Gasteiger partial charge >= 0.3 is 0 Å². The minimum absolute atomic E-state index is 0.0733. The van der Waals surface area contributed by atoms with E-state index >= 15 is 0 Å². The number of non-ortho nitro benzene ring substituents is 1. The quantitative estimate of drug-likeness (QED) is 0.488. The highest BCUT2D eigenvalue weighted by molar-refractivity contribution is 7.89. The molecule has 2 heterocycles. The Morgan fingerprint density at radius 2 is 2.22 bits per heavy atom. The first-order valence-electron chi connectivity index (χ1n) is 8.38. The third-order valence-corrected chi connectivity index (χ3v) is 7.01. The number of hydrogen-bond acceptors (Lipinski definition) is 7. The van der Waals surface area contributed by atoms with Crippen molar-refractivity contribution in [1.29, 1.82) is 0 Å². The molecule has 0 amide bonds. The van der Waals surface area contributed by atoms with E-state index in [1.54, 1.807) is 0 Å². The van der Waals surface area contributed by atoms with E-state index in [0.29, 0.717) is 6.61 Å². The topological polar surface area (TPSA) is 99.0 Å². The zero-order chi connectivity index (χ0) is 19.4. The zero-order valence-electron chi connectivity index (χ0n) is 14.7. The molecule has 2 aromatic rings. The van der Waals surface area contributed by atoms with Crippen LogP contribution in [0.2, 0.25) is 0 Å². The number of thiophene rings is 1. The second-order valence-corrected chi connectivity index (χ2v) is 9.04. The molecule has 0 aliphatic carbocycles. The summed E-state index contributed by atoms with van der Waals surface area (Å²) in [5.74, 6) is 0.0733. The minimum atomic E-state index is -4.03. The Morgan fingerprint density at radius 1 is 1.41 bits per heavy atom. The molecule has 1 aromatic heterocycles. The average Bonchev–Trinajstić information content (AvgIpc) is 3.34. The van der Waals surface area contributed by atoms with Crippen molar-refractivity contribution in [2.45, 2.75) is 30.4 Å². The van der Waals surface area contributed by atoms with E-state index in [4.69, 9.17) is 9.47 Å². The fraction of sp³-hybridized carbons (Fsp3) is 0.412. The van der Waals surface area contributed by atoms with E-state index in [9.17, 15) is 18.5 Å². The van der Waals surface area contributed by atoms with Gasteiger partial charge in [-0.1, -0.05) is 6.07 Å². The van der Waals surface area contributed by atoms with Gasteiger partial charge < -0.3 is 9.47 Å². The van der Waals surface area contributed by atoms with Crippen LogP contribution in [0, 0.1) is 10.1 Å². The van der Waals surface area contributed by atoms with Gasteiger partial charge in [0, 0.05) is 36.7 Å². The van der Waals surface area contributed by atoms with Crippen LogP contribution in [-0.2, 0) is 21.3 Å². The van der Waals surface area contributed by atoms with Crippen molar-refractivity contribution in [3.63, 3.8) is 0 Å². The smallest absolute Gasteiger partial charge is 0.271 e. The van der Waals surface area contributed by atoms with Gasteiger partial charge in [-0.15, -0.1) is 11.3 Å². The van der Waals surface area contributed by atoms with Crippen molar-refractivity contribution < 1.29 is 22.8 Å². The summed E-state index contributed by atoms with van der Waals surface area (Å²) in [5, 5.41) is 13.0. The van der Waals surface area contributed by atoms with Gasteiger partial charge in [-0.3, -0.25) is 10.1 Å². The van der Waals surface area contributed by atoms with Gasteiger partial charge in [0.15, 0.2) is 0 Å². The molecule has 1 aromatic carbocycles. The molecule has 1 unspecified atom stereocenters. The fourth-order valence-corrected chi connectivity index (χ4v) is 5.39. The lowest BCUT2D eigenvalue weighted by molar-refractivity contribution is -0.385. The number of rotatable bonds is 8. The van der Waals surface area contributed by atoms with Crippen molar-refractivity contribution >= 4 is 27.0 Å². The number of sulfonamides is 1. The largest absolute Gasteiger partial charge is 0.495 e. The molecule has 0 radical (unpaired) electrons. The molecule has 10 heteroatoms. The fourth-order valence-electron chi connectivity index (χ4n) is 2.96. The van der Waals surface area contributed by atoms with Gasteiger partial charge in [0.05, 0.1) is 18.1 Å². The van der Waals surface area contributed by atoms with Crippen LogP contribution in [0.5, 0.6) is 5.75 Å². The van der Waals surface area contributed by atoms with Crippen LogP contribution in [0.15, 0.2) is 40.6 Å². The number of nitro groups is 1. The predicted molar refractivity (Wildman–Crippen MR) is 101 cm³/mol. The first kappa shape index (κ1) is 19.7. The first-order valence-corrected chi connectivity index (χ1v) is 10.7. The van der Waals surface area contributed by atoms with Crippen molar-refractivity contribution in [2.24, 2.45) is 0 Å². The maximum absolute atomic E-state index is 13.4. The lowest BCUT2D eigenvalue weighted by atomic mass is 10.2. The summed E-state index contributed by atoms with van der Waals surface area (Å²) in [6.45, 7) is 0.968. The molecular formula is C17H20N2O6S2. The third kappa shape index (κ3) is 4.46. The van der Waals surface area contributed by atoms with Crippen molar-refractivity contribution in [3.05, 3.63) is 50.7 Å². The van der Waals surface area contributed by atoms with Gasteiger partial charge in [-0.05, 0) is 30.4 Å². The summed E-state index contributed by atoms with van der Waals surface area (Å²) < 4.78 is 38.8. The highest BCUT2D eigenvalue weighted by atomic mass is 32.2. The lowest BCUT2D eigenvalue weighted by Gasteiger charge is -2.25. The Bertz CT molecular complexity index is 892. The molecule has 1 saturated heterocycles. The summed E-state index contributed by atoms with van der Waals surface area (Å²) in [6.07, 6.45) is 1.48. The summed E-state index contributed by atoms with van der Waals surface area (Å²) in [4.78, 5) is 11.2. The molecule has 3 rings (SSSR count). The van der Waals surface area contributed by atoms with Crippen LogP contribution in [0.25, 0.3) is 0 Å². The third-order valence-electron chi connectivity index (χ3n) is 4.32. The second-order valence-electron chi connectivity index (χ2n) is 6.10. The standard InChI is InChI=1S/C17H20N2O6S2/c1-24-16-7-6-13(19(20)21)10-17(16)27(22,23)18(11-14-4-2-8-25-14)12-15-5-3-9-26-15/h3,5-7,9-10,14H,2,4,8,11-12H2,1H3. The lowest BCUT2D eigenvalue weighted by Crippen LogP contribution is -2.37. The molecular weight excluding hydrogens is 392 g/mol. The van der Waals surface area contributed by atoms with Crippen LogP contribution < -0.4 is 4.74 Å². The summed E-state index contributed by atoms with van der Waals surface area (Å²) in [7, 11) is -2.70. The Balaban J connectivity index is 2.00. The van der Waals surface area contributed by atoms with Gasteiger partial charge in [-0.25, -0.2) is 8.42 Å². The predicted octanol–water partition coefficient (Wildman–Crippen LogP) is 3.03. The summed E-state index contributed by atoms with van der Waals surface area (Å²) >= 11 is 1.45. The number of nitro benzene ring substituents is 1. The first-order chi connectivity index (χ1) is 12.9. The molecule has 8 nitrogen and oxygen atoms in total. The molecule has 1 aliphatic heterocycles. The number of methoxy groups -OCH3 is 1. The van der Waals surface area contributed by atoms with Crippen LogP contribution in [0.1, 0.15) is 17.7 Å². The highest BCUT2D eigenvalue weighted by Crippen LogP contribution is 2.32. The molecule has 1 aliphatic rings.